The van der Waals surface area contributed by atoms with Crippen molar-refractivity contribution in [1.82, 2.24) is 0 Å². The first-order chi connectivity index (χ1) is 9.61. The normalized spacial score (nSPS) is 11.0. The van der Waals surface area contributed by atoms with Gasteiger partial charge in [-0.2, -0.15) is 5.26 Å². The zero-order chi connectivity index (χ0) is 14.5. The molecule has 0 fully saturated rings. The minimum atomic E-state index is 0.313. The third kappa shape index (κ3) is 3.17. The van der Waals surface area contributed by atoms with Gasteiger partial charge >= 0.3 is 0 Å². The molecule has 0 bridgehead atoms. The number of benzene rings is 2. The molecular weight excluding hydrogens is 270 g/mol. The van der Waals surface area contributed by atoms with Crippen molar-refractivity contribution in [3.8, 4) is 6.07 Å². The van der Waals surface area contributed by atoms with E-state index < -0.39 is 0 Å². The van der Waals surface area contributed by atoms with Crippen molar-refractivity contribution in [1.29, 1.82) is 5.26 Å². The Morgan fingerprint density at radius 1 is 1.10 bits per heavy atom. The Morgan fingerprint density at radius 3 is 2.30 bits per heavy atom. The predicted octanol–water partition coefficient (Wildman–Crippen LogP) is 4.05. The lowest BCUT2D eigenvalue weighted by atomic mass is 10.1. The van der Waals surface area contributed by atoms with E-state index in [4.69, 9.17) is 11.6 Å². The molecule has 0 aromatic heterocycles. The van der Waals surface area contributed by atoms with E-state index in [1.807, 2.05) is 55.4 Å². The zero-order valence-corrected chi connectivity index (χ0v) is 12.1. The lowest BCUT2D eigenvalue weighted by Crippen LogP contribution is -2.07. The summed E-state index contributed by atoms with van der Waals surface area (Å²) in [5, 5.41) is 9.79. The number of aliphatic imine (C=N–C) groups is 1. The van der Waals surface area contributed by atoms with Gasteiger partial charge in [-0.05, 0) is 30.3 Å². The van der Waals surface area contributed by atoms with Crippen LogP contribution >= 0.6 is 11.6 Å². The van der Waals surface area contributed by atoms with Gasteiger partial charge < -0.3 is 4.90 Å². The van der Waals surface area contributed by atoms with Gasteiger partial charge in [0.2, 0.25) is 0 Å². The Labute approximate surface area is 123 Å². The van der Waals surface area contributed by atoms with Crippen molar-refractivity contribution in [2.24, 2.45) is 4.99 Å². The topological polar surface area (TPSA) is 39.4 Å². The fourth-order valence-electron chi connectivity index (χ4n) is 1.75. The van der Waals surface area contributed by atoms with E-state index in [0.717, 1.165) is 11.4 Å². The average Bonchev–Trinajstić information content (AvgIpc) is 2.46. The SMILES string of the molecule is CN(C)c1ccc(N=C(C#N)c2ccccc2Cl)cc1. The van der Waals surface area contributed by atoms with E-state index in [2.05, 4.69) is 11.1 Å². The first-order valence-corrected chi connectivity index (χ1v) is 6.50. The van der Waals surface area contributed by atoms with Crippen LogP contribution in [-0.2, 0) is 0 Å². The molecule has 0 N–H and O–H groups in total. The van der Waals surface area contributed by atoms with Gasteiger partial charge in [0, 0.05) is 25.3 Å². The Hall–Kier alpha value is -2.31. The van der Waals surface area contributed by atoms with Crippen LogP contribution in [0.2, 0.25) is 5.02 Å². The smallest absolute Gasteiger partial charge is 0.149 e. The Bertz CT molecular complexity index is 667. The summed E-state index contributed by atoms with van der Waals surface area (Å²) in [5.41, 5.74) is 2.77. The molecule has 0 aliphatic heterocycles. The highest BCUT2D eigenvalue weighted by molar-refractivity contribution is 6.35. The molecule has 0 aliphatic carbocycles. The van der Waals surface area contributed by atoms with Crippen molar-refractivity contribution in [2.75, 3.05) is 19.0 Å². The van der Waals surface area contributed by atoms with Gasteiger partial charge in [0.15, 0.2) is 0 Å². The second kappa shape index (κ2) is 6.23. The van der Waals surface area contributed by atoms with E-state index >= 15 is 0 Å². The molecule has 20 heavy (non-hydrogen) atoms. The van der Waals surface area contributed by atoms with Crippen LogP contribution < -0.4 is 4.90 Å². The highest BCUT2D eigenvalue weighted by Gasteiger charge is 2.07. The third-order valence-corrected chi connectivity index (χ3v) is 3.17. The minimum Gasteiger partial charge on any atom is -0.378 e. The molecule has 0 heterocycles. The van der Waals surface area contributed by atoms with Gasteiger partial charge in [0.25, 0.3) is 0 Å². The summed E-state index contributed by atoms with van der Waals surface area (Å²) >= 11 is 6.09. The van der Waals surface area contributed by atoms with Gasteiger partial charge in [-0.15, -0.1) is 0 Å². The van der Waals surface area contributed by atoms with Crippen molar-refractivity contribution in [3.63, 3.8) is 0 Å². The molecule has 4 heteroatoms. The van der Waals surface area contributed by atoms with Crippen LogP contribution in [0.25, 0.3) is 0 Å². The van der Waals surface area contributed by atoms with Crippen LogP contribution in [0, 0.1) is 11.3 Å². The molecule has 0 saturated carbocycles. The van der Waals surface area contributed by atoms with Crippen LogP contribution in [0.1, 0.15) is 5.56 Å². The summed E-state index contributed by atoms with van der Waals surface area (Å²) in [6.07, 6.45) is 0. The molecule has 0 spiro atoms. The second-order valence-corrected chi connectivity index (χ2v) is 4.87. The molecule has 3 nitrogen and oxygen atoms in total. The van der Waals surface area contributed by atoms with Crippen LogP contribution in [-0.4, -0.2) is 19.8 Å². The summed E-state index contributed by atoms with van der Waals surface area (Å²) < 4.78 is 0. The monoisotopic (exact) mass is 283 g/mol. The average molecular weight is 284 g/mol. The quantitative estimate of drug-likeness (QED) is 0.797. The van der Waals surface area contributed by atoms with E-state index in [1.54, 1.807) is 12.1 Å². The fourth-order valence-corrected chi connectivity index (χ4v) is 1.98. The maximum atomic E-state index is 9.26. The maximum Gasteiger partial charge on any atom is 0.149 e. The molecule has 0 saturated heterocycles. The molecule has 0 unspecified atom stereocenters. The number of rotatable bonds is 3. The van der Waals surface area contributed by atoms with Crippen LogP contribution in [0.3, 0.4) is 0 Å². The number of nitrogens with zero attached hydrogens (tertiary/aromatic N) is 3. The van der Waals surface area contributed by atoms with Crippen molar-refractivity contribution in [2.45, 2.75) is 0 Å². The maximum absolute atomic E-state index is 9.26. The third-order valence-electron chi connectivity index (χ3n) is 2.84. The summed E-state index contributed by atoms with van der Waals surface area (Å²) in [5.74, 6) is 0. The Balaban J connectivity index is 2.37. The molecule has 100 valence electrons. The summed E-state index contributed by atoms with van der Waals surface area (Å²) in [7, 11) is 3.95. The van der Waals surface area contributed by atoms with Crippen molar-refractivity contribution in [3.05, 3.63) is 59.1 Å². The van der Waals surface area contributed by atoms with E-state index in [1.165, 1.54) is 0 Å². The zero-order valence-electron chi connectivity index (χ0n) is 11.3. The molecule has 2 rings (SSSR count). The number of nitriles is 1. The Kier molecular flexibility index (Phi) is 4.39. The molecule has 2 aromatic carbocycles. The summed E-state index contributed by atoms with van der Waals surface area (Å²) in [4.78, 5) is 6.37. The number of hydrogen-bond donors (Lipinski definition) is 0. The van der Waals surface area contributed by atoms with Gasteiger partial charge in [-0.1, -0.05) is 29.8 Å². The largest absolute Gasteiger partial charge is 0.378 e. The predicted molar refractivity (Wildman–Crippen MR) is 84.0 cm³/mol. The van der Waals surface area contributed by atoms with Crippen LogP contribution in [0.15, 0.2) is 53.5 Å². The summed E-state index contributed by atoms with van der Waals surface area (Å²) in [6.45, 7) is 0. The molecule has 0 aliphatic rings. The fraction of sp³-hybridized carbons (Fsp3) is 0.125. The van der Waals surface area contributed by atoms with E-state index in [-0.39, 0.29) is 0 Å². The second-order valence-electron chi connectivity index (χ2n) is 4.46. The summed E-state index contributed by atoms with van der Waals surface area (Å²) in [6, 6.07) is 17.0. The number of halogens is 1. The van der Waals surface area contributed by atoms with Gasteiger partial charge in [-0.25, -0.2) is 4.99 Å². The Morgan fingerprint density at radius 2 is 1.75 bits per heavy atom. The number of anilines is 1. The molecule has 0 radical (unpaired) electrons. The van der Waals surface area contributed by atoms with Gasteiger partial charge in [0.1, 0.15) is 11.8 Å². The molecule has 0 atom stereocenters. The van der Waals surface area contributed by atoms with E-state index in [9.17, 15) is 5.26 Å². The molecular formula is C16H14ClN3. The first-order valence-electron chi connectivity index (χ1n) is 6.13. The van der Waals surface area contributed by atoms with Crippen molar-refractivity contribution >= 4 is 28.7 Å². The number of hydrogen-bond acceptors (Lipinski definition) is 3. The minimum absolute atomic E-state index is 0.313. The lowest BCUT2D eigenvalue weighted by molar-refractivity contribution is 1.13. The van der Waals surface area contributed by atoms with Gasteiger partial charge in [0.05, 0.1) is 10.7 Å². The molecule has 0 amide bonds. The highest BCUT2D eigenvalue weighted by atomic mass is 35.5. The van der Waals surface area contributed by atoms with Crippen LogP contribution in [0.5, 0.6) is 0 Å². The lowest BCUT2D eigenvalue weighted by Gasteiger charge is -2.11. The van der Waals surface area contributed by atoms with Gasteiger partial charge in [-0.3, -0.25) is 0 Å². The first kappa shape index (κ1) is 14.1. The highest BCUT2D eigenvalue weighted by Crippen LogP contribution is 2.21. The van der Waals surface area contributed by atoms with Crippen LogP contribution in [0.4, 0.5) is 11.4 Å². The standard InChI is InChI=1S/C16H14ClN3/c1-20(2)13-9-7-12(8-10-13)19-16(11-18)14-5-3-4-6-15(14)17/h3-10H,1-2H3. The van der Waals surface area contributed by atoms with E-state index in [0.29, 0.717) is 16.3 Å². The van der Waals surface area contributed by atoms with Crippen molar-refractivity contribution < 1.29 is 0 Å². The molecule has 2 aromatic rings.